The molecule has 1 aliphatic heterocycles. The monoisotopic (exact) mass is 407 g/mol. The molecule has 0 saturated carbocycles. The number of likely N-dealkylation sites (tertiary alicyclic amines) is 1. The number of nitrogens with two attached hydrogens (primary N) is 2. The topological polar surface area (TPSA) is 113 Å². The second-order valence-electron chi connectivity index (χ2n) is 8.49. The van der Waals surface area contributed by atoms with E-state index in [0.29, 0.717) is 31.6 Å². The predicted octanol–water partition coefficient (Wildman–Crippen LogP) is 2.03. The third-order valence-corrected chi connectivity index (χ3v) is 6.09. The number of hydrogen-bond acceptors (Lipinski definition) is 5. The van der Waals surface area contributed by atoms with Gasteiger partial charge in [0.05, 0.1) is 5.54 Å². The van der Waals surface area contributed by atoms with E-state index >= 15 is 0 Å². The first-order valence-electron chi connectivity index (χ1n) is 10.7. The maximum absolute atomic E-state index is 13.0. The van der Waals surface area contributed by atoms with Crippen LogP contribution in [0, 0.1) is 11.7 Å². The predicted molar refractivity (Wildman–Crippen MR) is 113 cm³/mol. The Morgan fingerprint density at radius 3 is 2.34 bits per heavy atom. The lowest BCUT2D eigenvalue weighted by molar-refractivity contribution is -0.123. The molecule has 0 radical (unpaired) electrons. The zero-order valence-corrected chi connectivity index (χ0v) is 17.2. The van der Waals surface area contributed by atoms with E-state index in [0.717, 1.165) is 50.9 Å². The molecule has 8 heteroatoms. The van der Waals surface area contributed by atoms with Crippen LogP contribution in [0.5, 0.6) is 0 Å². The van der Waals surface area contributed by atoms with E-state index in [9.17, 15) is 9.18 Å². The molecule has 0 bridgehead atoms. The van der Waals surface area contributed by atoms with Crippen LogP contribution in [0.15, 0.2) is 24.3 Å². The van der Waals surface area contributed by atoms with Crippen LogP contribution in [0.25, 0.3) is 0 Å². The van der Waals surface area contributed by atoms with Crippen molar-refractivity contribution in [2.45, 2.75) is 69.8 Å². The van der Waals surface area contributed by atoms with Crippen molar-refractivity contribution in [2.24, 2.45) is 17.4 Å². The normalized spacial score (nSPS) is 17.8. The molecule has 1 amide bonds. The molecule has 29 heavy (non-hydrogen) atoms. The molecule has 1 aromatic rings. The van der Waals surface area contributed by atoms with Crippen LogP contribution in [0.1, 0.15) is 56.9 Å². The van der Waals surface area contributed by atoms with Gasteiger partial charge in [0.2, 0.25) is 5.91 Å². The number of rotatable bonds is 12. The smallest absolute Gasteiger partial charge is 0.427 e. The summed E-state index contributed by atoms with van der Waals surface area (Å²) in [6.45, 7) is 2.90. The number of nitrogens with zero attached hydrogens (tertiary/aromatic N) is 1. The minimum Gasteiger partial charge on any atom is -0.427 e. The lowest BCUT2D eigenvalue weighted by atomic mass is 9.80. The molecule has 162 valence electrons. The largest absolute Gasteiger partial charge is 0.451 e. The first kappa shape index (κ1) is 23.8. The summed E-state index contributed by atoms with van der Waals surface area (Å²) in [6, 6.07) is 6.69. The Balaban J connectivity index is 1.67. The zero-order valence-electron chi connectivity index (χ0n) is 17.2. The second-order valence-corrected chi connectivity index (χ2v) is 8.49. The highest BCUT2D eigenvalue weighted by molar-refractivity contribution is 6.40. The molecule has 1 unspecified atom stereocenters. The van der Waals surface area contributed by atoms with Gasteiger partial charge in [0, 0.05) is 6.54 Å². The molecule has 0 aliphatic carbocycles. The summed E-state index contributed by atoms with van der Waals surface area (Å²) >= 11 is 0. The first-order valence-corrected chi connectivity index (χ1v) is 10.7. The number of amides is 1. The van der Waals surface area contributed by atoms with Crippen LogP contribution >= 0.6 is 0 Å². The van der Waals surface area contributed by atoms with Gasteiger partial charge in [-0.1, -0.05) is 37.8 Å². The minimum atomic E-state index is -1.32. The lowest BCUT2D eigenvalue weighted by Crippen LogP contribution is -2.52. The molecule has 1 saturated heterocycles. The Bertz CT molecular complexity index is 624. The molecule has 6 N–H and O–H groups in total. The minimum absolute atomic E-state index is 0.203. The molecule has 6 nitrogen and oxygen atoms in total. The molecule has 1 aromatic carbocycles. The number of hydrogen-bond donors (Lipinski definition) is 4. The molecule has 0 spiro atoms. The van der Waals surface area contributed by atoms with E-state index in [-0.39, 0.29) is 12.1 Å². The van der Waals surface area contributed by atoms with Crippen molar-refractivity contribution in [1.82, 2.24) is 4.90 Å². The average Bonchev–Trinajstić information content (AvgIpc) is 2.68. The Kier molecular flexibility index (Phi) is 9.56. The third kappa shape index (κ3) is 8.42. The molecule has 1 heterocycles. The fraction of sp³-hybridized carbons (Fsp3) is 0.667. The SMILES string of the molecule is NC(=O)C(N)(CCCCB(O)O)CCCC1CCN(Cc2ccc(F)cc2)CC1. The van der Waals surface area contributed by atoms with Crippen molar-refractivity contribution < 1.29 is 19.2 Å². The number of benzene rings is 1. The van der Waals surface area contributed by atoms with Gasteiger partial charge in [-0.2, -0.15) is 0 Å². The van der Waals surface area contributed by atoms with Gasteiger partial charge in [-0.15, -0.1) is 0 Å². The highest BCUT2D eigenvalue weighted by atomic mass is 19.1. The number of piperidine rings is 1. The summed E-state index contributed by atoms with van der Waals surface area (Å²) in [5.41, 5.74) is 11.9. The Hall–Kier alpha value is -1.48. The van der Waals surface area contributed by atoms with Gasteiger partial charge in [-0.25, -0.2) is 4.39 Å². The van der Waals surface area contributed by atoms with Crippen LogP contribution in [0.4, 0.5) is 4.39 Å². The van der Waals surface area contributed by atoms with Crippen LogP contribution < -0.4 is 11.5 Å². The summed E-state index contributed by atoms with van der Waals surface area (Å²) in [5, 5.41) is 17.8. The van der Waals surface area contributed by atoms with E-state index in [2.05, 4.69) is 4.90 Å². The van der Waals surface area contributed by atoms with Gasteiger partial charge in [-0.05, 0) is 68.7 Å². The second kappa shape index (κ2) is 11.6. The number of carbonyl (C=O) groups is 1. The molecule has 0 aromatic heterocycles. The lowest BCUT2D eigenvalue weighted by Gasteiger charge is -2.33. The Labute approximate surface area is 173 Å². The number of unbranched alkanes of at least 4 members (excludes halogenated alkanes) is 1. The highest BCUT2D eigenvalue weighted by Crippen LogP contribution is 2.26. The zero-order chi connectivity index (χ0) is 21.3. The van der Waals surface area contributed by atoms with Gasteiger partial charge >= 0.3 is 7.12 Å². The fourth-order valence-corrected chi connectivity index (χ4v) is 4.13. The van der Waals surface area contributed by atoms with Crippen molar-refractivity contribution in [3.63, 3.8) is 0 Å². The standard InChI is InChI=1S/C21H35BFN3O3/c23-19-7-5-18(6-8-19)16-26-14-9-17(10-15-26)4-3-12-21(25,20(24)27)11-1-2-13-22(28)29/h5-8,17,28-29H,1-4,9-16,25H2,(H2,24,27). The van der Waals surface area contributed by atoms with Gasteiger partial charge in [0.15, 0.2) is 0 Å². The van der Waals surface area contributed by atoms with Crippen molar-refractivity contribution in [1.29, 1.82) is 0 Å². The quantitative estimate of drug-likeness (QED) is 0.313. The van der Waals surface area contributed by atoms with Crippen molar-refractivity contribution in [2.75, 3.05) is 13.1 Å². The molecule has 1 fully saturated rings. The summed E-state index contributed by atoms with van der Waals surface area (Å²) in [7, 11) is -1.32. The maximum atomic E-state index is 13.0. The Morgan fingerprint density at radius 2 is 1.76 bits per heavy atom. The molecule has 2 rings (SSSR count). The van der Waals surface area contributed by atoms with Crippen LogP contribution in [-0.4, -0.2) is 46.6 Å². The van der Waals surface area contributed by atoms with Gasteiger partial charge in [0.25, 0.3) is 0 Å². The van der Waals surface area contributed by atoms with Crippen LogP contribution in [0.2, 0.25) is 6.32 Å². The van der Waals surface area contributed by atoms with E-state index in [1.807, 2.05) is 12.1 Å². The molecular formula is C21H35BFN3O3. The van der Waals surface area contributed by atoms with Crippen molar-refractivity contribution in [3.05, 3.63) is 35.6 Å². The summed E-state index contributed by atoms with van der Waals surface area (Å²) in [5.74, 6) is -0.0531. The van der Waals surface area contributed by atoms with E-state index in [1.165, 1.54) is 12.1 Å². The Morgan fingerprint density at radius 1 is 1.14 bits per heavy atom. The highest BCUT2D eigenvalue weighted by Gasteiger charge is 2.31. The van der Waals surface area contributed by atoms with Crippen molar-refractivity contribution in [3.8, 4) is 0 Å². The van der Waals surface area contributed by atoms with Crippen LogP contribution in [-0.2, 0) is 11.3 Å². The molecule has 1 aliphatic rings. The maximum Gasteiger partial charge on any atom is 0.451 e. The van der Waals surface area contributed by atoms with Gasteiger partial charge in [-0.3, -0.25) is 9.69 Å². The van der Waals surface area contributed by atoms with E-state index < -0.39 is 18.6 Å². The summed E-state index contributed by atoms with van der Waals surface area (Å²) < 4.78 is 13.0. The summed E-state index contributed by atoms with van der Waals surface area (Å²) in [4.78, 5) is 14.2. The first-order chi connectivity index (χ1) is 13.8. The molecule has 1 atom stereocenters. The van der Waals surface area contributed by atoms with Gasteiger partial charge in [0.1, 0.15) is 5.82 Å². The average molecular weight is 407 g/mol. The summed E-state index contributed by atoms with van der Waals surface area (Å²) in [6.07, 6.45) is 6.72. The number of carbonyl (C=O) groups excluding carboxylic acids is 1. The van der Waals surface area contributed by atoms with Crippen LogP contribution in [0.3, 0.4) is 0 Å². The van der Waals surface area contributed by atoms with Crippen molar-refractivity contribution >= 4 is 13.0 Å². The third-order valence-electron chi connectivity index (χ3n) is 6.09. The number of halogens is 1. The number of primary amides is 1. The molecular weight excluding hydrogens is 372 g/mol. The van der Waals surface area contributed by atoms with E-state index in [4.69, 9.17) is 21.5 Å². The fourth-order valence-electron chi connectivity index (χ4n) is 4.13. The van der Waals surface area contributed by atoms with Gasteiger partial charge < -0.3 is 21.5 Å². The van der Waals surface area contributed by atoms with E-state index in [1.54, 1.807) is 0 Å².